The van der Waals surface area contributed by atoms with Gasteiger partial charge in [-0.05, 0) is 25.2 Å². The molecule has 1 saturated heterocycles. The van der Waals surface area contributed by atoms with E-state index in [1.807, 2.05) is 0 Å². The average Bonchev–Trinajstić information content (AvgIpc) is 2.46. The molecule has 0 amide bonds. The normalized spacial score (nSPS) is 21.5. The molecule has 2 N–H and O–H groups in total. The predicted octanol–water partition coefficient (Wildman–Crippen LogP) is 4.66. The molecule has 0 aromatic carbocycles. The van der Waals surface area contributed by atoms with E-state index in [1.54, 1.807) is 0 Å². The molecule has 0 radical (unpaired) electrons. The molecule has 2 nitrogen and oxygen atoms in total. The van der Waals surface area contributed by atoms with Gasteiger partial charge in [-0.3, -0.25) is 0 Å². The molecule has 1 fully saturated rings. The summed E-state index contributed by atoms with van der Waals surface area (Å²) in [6.45, 7) is 4.13. The summed E-state index contributed by atoms with van der Waals surface area (Å²) in [5.74, 6) is 0.628. The number of unbranched alkanes of at least 4 members (excludes halogenated alkanes) is 8. The highest BCUT2D eigenvalue weighted by molar-refractivity contribution is 4.75. The van der Waals surface area contributed by atoms with Crippen molar-refractivity contribution in [3.63, 3.8) is 0 Å². The zero-order chi connectivity index (χ0) is 13.8. The first-order valence-electron chi connectivity index (χ1n) is 8.68. The molecule has 1 aliphatic heterocycles. The zero-order valence-corrected chi connectivity index (χ0v) is 13.0. The summed E-state index contributed by atoms with van der Waals surface area (Å²) in [7, 11) is 0. The Hall–Kier alpha value is -0.0800. The maximum Gasteiger partial charge on any atom is 0.0509 e. The minimum Gasteiger partial charge on any atom is -0.381 e. The van der Waals surface area contributed by atoms with Gasteiger partial charge in [0.2, 0.25) is 0 Å². The third-order valence-electron chi connectivity index (χ3n) is 4.44. The molecule has 19 heavy (non-hydrogen) atoms. The molecule has 114 valence electrons. The third kappa shape index (κ3) is 8.65. The Morgan fingerprint density at radius 3 is 2.21 bits per heavy atom. The fraction of sp³-hybridized carbons (Fsp3) is 1.00. The highest BCUT2D eigenvalue weighted by Gasteiger charge is 2.20. The van der Waals surface area contributed by atoms with Gasteiger partial charge < -0.3 is 10.5 Å². The van der Waals surface area contributed by atoms with Gasteiger partial charge >= 0.3 is 0 Å². The summed E-state index contributed by atoms with van der Waals surface area (Å²) in [5, 5.41) is 0. The Kier molecular flexibility index (Phi) is 10.5. The van der Waals surface area contributed by atoms with E-state index in [1.165, 1.54) is 77.0 Å². The zero-order valence-electron chi connectivity index (χ0n) is 13.0. The van der Waals surface area contributed by atoms with Crippen LogP contribution in [0.1, 0.15) is 84.0 Å². The number of hydrogen-bond donors (Lipinski definition) is 1. The van der Waals surface area contributed by atoms with Crippen molar-refractivity contribution in [2.45, 2.75) is 90.0 Å². The van der Waals surface area contributed by atoms with E-state index in [9.17, 15) is 0 Å². The molecule has 1 aliphatic rings. The SMILES string of the molecule is CCCCCCCCCCCC(N)C1CCCOC1. The Bertz CT molecular complexity index is 190. The third-order valence-corrected chi connectivity index (χ3v) is 4.44. The summed E-state index contributed by atoms with van der Waals surface area (Å²) in [4.78, 5) is 0. The first-order valence-corrected chi connectivity index (χ1v) is 8.68. The van der Waals surface area contributed by atoms with Gasteiger partial charge in [-0.1, -0.05) is 64.7 Å². The molecule has 0 spiro atoms. The van der Waals surface area contributed by atoms with Gasteiger partial charge in [-0.15, -0.1) is 0 Å². The highest BCUT2D eigenvalue weighted by Crippen LogP contribution is 2.20. The molecule has 0 saturated carbocycles. The van der Waals surface area contributed by atoms with Crippen LogP contribution in [-0.4, -0.2) is 19.3 Å². The minimum atomic E-state index is 0.379. The largest absolute Gasteiger partial charge is 0.381 e. The van der Waals surface area contributed by atoms with Crippen molar-refractivity contribution < 1.29 is 4.74 Å². The fourth-order valence-electron chi connectivity index (χ4n) is 3.03. The van der Waals surface area contributed by atoms with Crippen molar-refractivity contribution in [2.24, 2.45) is 11.7 Å². The molecular formula is C17H35NO. The van der Waals surface area contributed by atoms with E-state index >= 15 is 0 Å². The van der Waals surface area contributed by atoms with Gasteiger partial charge in [0, 0.05) is 12.6 Å². The van der Waals surface area contributed by atoms with E-state index in [-0.39, 0.29) is 0 Å². The van der Waals surface area contributed by atoms with E-state index in [2.05, 4.69) is 6.92 Å². The van der Waals surface area contributed by atoms with Crippen LogP contribution in [0.2, 0.25) is 0 Å². The van der Waals surface area contributed by atoms with Crippen LogP contribution in [0.5, 0.6) is 0 Å². The van der Waals surface area contributed by atoms with Crippen LogP contribution in [0.15, 0.2) is 0 Å². The lowest BCUT2D eigenvalue weighted by molar-refractivity contribution is 0.0435. The van der Waals surface area contributed by atoms with E-state index < -0.39 is 0 Å². The monoisotopic (exact) mass is 269 g/mol. The number of hydrogen-bond acceptors (Lipinski definition) is 2. The van der Waals surface area contributed by atoms with Gasteiger partial charge in [0.15, 0.2) is 0 Å². The summed E-state index contributed by atoms with van der Waals surface area (Å²) in [6.07, 6.45) is 16.3. The first kappa shape index (κ1) is 17.0. The van der Waals surface area contributed by atoms with Crippen molar-refractivity contribution in [3.8, 4) is 0 Å². The number of nitrogens with two attached hydrogens (primary N) is 1. The predicted molar refractivity (Wildman–Crippen MR) is 83.4 cm³/mol. The molecule has 2 atom stereocenters. The lowest BCUT2D eigenvalue weighted by atomic mass is 9.90. The topological polar surface area (TPSA) is 35.2 Å². The van der Waals surface area contributed by atoms with Crippen LogP contribution < -0.4 is 5.73 Å². The number of ether oxygens (including phenoxy) is 1. The molecule has 0 aliphatic carbocycles. The second-order valence-electron chi connectivity index (χ2n) is 6.26. The van der Waals surface area contributed by atoms with E-state index in [0.29, 0.717) is 12.0 Å². The van der Waals surface area contributed by atoms with Gasteiger partial charge in [0.1, 0.15) is 0 Å². The number of rotatable bonds is 11. The van der Waals surface area contributed by atoms with Crippen LogP contribution in [0.25, 0.3) is 0 Å². The molecule has 1 heterocycles. The van der Waals surface area contributed by atoms with Gasteiger partial charge in [-0.25, -0.2) is 0 Å². The lowest BCUT2D eigenvalue weighted by Crippen LogP contribution is -2.35. The second kappa shape index (κ2) is 11.7. The molecule has 0 aromatic rings. The molecule has 2 heteroatoms. The van der Waals surface area contributed by atoms with E-state index in [0.717, 1.165) is 13.2 Å². The maximum absolute atomic E-state index is 6.26. The summed E-state index contributed by atoms with van der Waals surface area (Å²) in [6, 6.07) is 0.379. The molecule has 0 aromatic heterocycles. The summed E-state index contributed by atoms with van der Waals surface area (Å²) in [5.41, 5.74) is 6.26. The quantitative estimate of drug-likeness (QED) is 0.554. The van der Waals surface area contributed by atoms with Crippen LogP contribution in [0.3, 0.4) is 0 Å². The maximum atomic E-state index is 6.26. The molecular weight excluding hydrogens is 234 g/mol. The second-order valence-corrected chi connectivity index (χ2v) is 6.26. The Balaban J connectivity index is 1.84. The Morgan fingerprint density at radius 1 is 1.00 bits per heavy atom. The first-order chi connectivity index (χ1) is 9.34. The van der Waals surface area contributed by atoms with Crippen molar-refractivity contribution in [2.75, 3.05) is 13.2 Å². The average molecular weight is 269 g/mol. The van der Waals surface area contributed by atoms with Crippen molar-refractivity contribution >= 4 is 0 Å². The van der Waals surface area contributed by atoms with Gasteiger partial charge in [0.05, 0.1) is 6.61 Å². The Labute approximate surface area is 120 Å². The van der Waals surface area contributed by atoms with Gasteiger partial charge in [0.25, 0.3) is 0 Å². The molecule has 0 bridgehead atoms. The molecule has 1 rings (SSSR count). The Morgan fingerprint density at radius 2 is 1.63 bits per heavy atom. The van der Waals surface area contributed by atoms with E-state index in [4.69, 9.17) is 10.5 Å². The smallest absolute Gasteiger partial charge is 0.0509 e. The van der Waals surface area contributed by atoms with Crippen LogP contribution in [0, 0.1) is 5.92 Å². The highest BCUT2D eigenvalue weighted by atomic mass is 16.5. The fourth-order valence-corrected chi connectivity index (χ4v) is 3.03. The van der Waals surface area contributed by atoms with Crippen LogP contribution >= 0.6 is 0 Å². The van der Waals surface area contributed by atoms with Crippen LogP contribution in [0.4, 0.5) is 0 Å². The minimum absolute atomic E-state index is 0.379. The van der Waals surface area contributed by atoms with Gasteiger partial charge in [-0.2, -0.15) is 0 Å². The summed E-state index contributed by atoms with van der Waals surface area (Å²) < 4.78 is 5.51. The van der Waals surface area contributed by atoms with Crippen molar-refractivity contribution in [1.29, 1.82) is 0 Å². The summed E-state index contributed by atoms with van der Waals surface area (Å²) >= 11 is 0. The van der Waals surface area contributed by atoms with Crippen molar-refractivity contribution in [3.05, 3.63) is 0 Å². The van der Waals surface area contributed by atoms with Crippen molar-refractivity contribution in [1.82, 2.24) is 0 Å². The standard InChI is InChI=1S/C17H35NO/c1-2-3-4-5-6-7-8-9-10-13-17(18)16-12-11-14-19-15-16/h16-17H,2-15,18H2,1H3. The molecule has 2 unspecified atom stereocenters. The lowest BCUT2D eigenvalue weighted by Gasteiger charge is -2.27. The van der Waals surface area contributed by atoms with Crippen LogP contribution in [-0.2, 0) is 4.74 Å².